The van der Waals surface area contributed by atoms with Gasteiger partial charge in [-0.25, -0.2) is 0 Å². The SMILES string of the molecule is CO[Si](COC(=O)Cc1ccc(C)cc1)(OC)OC. The first kappa shape index (κ1) is 15.8. The number of carbonyl (C=O) groups is 1. The van der Waals surface area contributed by atoms with Crippen LogP contribution in [0.5, 0.6) is 0 Å². The van der Waals surface area contributed by atoms with Crippen molar-refractivity contribution < 1.29 is 22.8 Å². The summed E-state index contributed by atoms with van der Waals surface area (Å²) in [6.45, 7) is 2.00. The van der Waals surface area contributed by atoms with E-state index in [-0.39, 0.29) is 18.6 Å². The average Bonchev–Trinajstić information content (AvgIpc) is 2.44. The summed E-state index contributed by atoms with van der Waals surface area (Å²) in [5.41, 5.74) is 2.07. The fourth-order valence-corrected chi connectivity index (χ4v) is 2.71. The van der Waals surface area contributed by atoms with E-state index in [1.165, 1.54) is 21.3 Å². The highest BCUT2D eigenvalue weighted by Gasteiger charge is 2.40. The number of aryl methyl sites for hydroxylation is 1. The third kappa shape index (κ3) is 4.75. The molecule has 0 spiro atoms. The molecule has 0 unspecified atom stereocenters. The number of hydrogen-bond acceptors (Lipinski definition) is 5. The predicted octanol–water partition coefficient (Wildman–Crippen LogP) is 1.50. The van der Waals surface area contributed by atoms with Crippen LogP contribution in [0.2, 0.25) is 0 Å². The van der Waals surface area contributed by atoms with Crippen LogP contribution in [0.25, 0.3) is 0 Å². The first-order valence-electron chi connectivity index (χ1n) is 5.92. The molecule has 0 aliphatic rings. The molecule has 0 aliphatic carbocycles. The summed E-state index contributed by atoms with van der Waals surface area (Å²) in [5.74, 6) is -0.327. The van der Waals surface area contributed by atoms with E-state index in [9.17, 15) is 4.79 Å². The van der Waals surface area contributed by atoms with E-state index in [0.29, 0.717) is 0 Å². The fourth-order valence-electron chi connectivity index (χ4n) is 1.52. The van der Waals surface area contributed by atoms with Crippen LogP contribution in [0.1, 0.15) is 11.1 Å². The molecule has 0 amide bonds. The second kappa shape index (κ2) is 7.39. The Balaban J connectivity index is 2.49. The van der Waals surface area contributed by atoms with Gasteiger partial charge in [0.15, 0.2) is 6.23 Å². The van der Waals surface area contributed by atoms with Gasteiger partial charge < -0.3 is 18.0 Å². The van der Waals surface area contributed by atoms with Gasteiger partial charge in [-0.1, -0.05) is 29.8 Å². The Morgan fingerprint density at radius 1 is 1.05 bits per heavy atom. The van der Waals surface area contributed by atoms with Crippen LogP contribution >= 0.6 is 0 Å². The zero-order valence-corrected chi connectivity index (χ0v) is 12.8. The first-order valence-corrected chi connectivity index (χ1v) is 7.85. The van der Waals surface area contributed by atoms with E-state index in [1.54, 1.807) is 0 Å². The number of ether oxygens (including phenoxy) is 1. The van der Waals surface area contributed by atoms with Crippen LogP contribution in [0, 0.1) is 6.92 Å². The smallest absolute Gasteiger partial charge is 0.461 e. The van der Waals surface area contributed by atoms with E-state index in [2.05, 4.69) is 0 Å². The molecule has 19 heavy (non-hydrogen) atoms. The zero-order chi connectivity index (χ0) is 14.3. The first-order chi connectivity index (χ1) is 9.05. The summed E-state index contributed by atoms with van der Waals surface area (Å²) in [7, 11) is 1.59. The third-order valence-electron chi connectivity index (χ3n) is 2.81. The van der Waals surface area contributed by atoms with Crippen LogP contribution in [0.3, 0.4) is 0 Å². The maximum atomic E-state index is 11.7. The molecule has 1 aromatic carbocycles. The second-order valence-corrected chi connectivity index (χ2v) is 7.00. The lowest BCUT2D eigenvalue weighted by molar-refractivity contribution is -0.142. The number of hydrogen-bond donors (Lipinski definition) is 0. The molecule has 0 radical (unpaired) electrons. The van der Waals surface area contributed by atoms with E-state index in [1.807, 2.05) is 31.2 Å². The largest absolute Gasteiger partial charge is 0.539 e. The Kier molecular flexibility index (Phi) is 6.17. The van der Waals surface area contributed by atoms with Crippen molar-refractivity contribution in [3.8, 4) is 0 Å². The normalized spacial score (nSPS) is 11.4. The van der Waals surface area contributed by atoms with Crippen molar-refractivity contribution in [1.82, 2.24) is 0 Å². The van der Waals surface area contributed by atoms with Crippen molar-refractivity contribution in [2.45, 2.75) is 13.3 Å². The minimum atomic E-state index is -2.85. The summed E-state index contributed by atoms with van der Waals surface area (Å²) in [4.78, 5) is 11.7. The molecule has 0 N–H and O–H groups in total. The molecule has 1 rings (SSSR count). The van der Waals surface area contributed by atoms with Crippen molar-refractivity contribution in [3.05, 3.63) is 35.4 Å². The van der Waals surface area contributed by atoms with Crippen LogP contribution in [-0.2, 0) is 29.2 Å². The summed E-state index contributed by atoms with van der Waals surface area (Å²) in [6.07, 6.45) is 0.239. The highest BCUT2D eigenvalue weighted by molar-refractivity contribution is 6.60. The Labute approximate surface area is 114 Å². The number of rotatable bonds is 7. The van der Waals surface area contributed by atoms with Crippen molar-refractivity contribution >= 4 is 14.8 Å². The van der Waals surface area contributed by atoms with E-state index in [4.69, 9.17) is 18.0 Å². The molecule has 0 bridgehead atoms. The monoisotopic (exact) mass is 284 g/mol. The lowest BCUT2D eigenvalue weighted by Gasteiger charge is -2.23. The highest BCUT2D eigenvalue weighted by Crippen LogP contribution is 2.08. The molecule has 1 aromatic rings. The van der Waals surface area contributed by atoms with Crippen molar-refractivity contribution in [1.29, 1.82) is 0 Å². The molecule has 6 heteroatoms. The topological polar surface area (TPSA) is 54.0 Å². The maximum Gasteiger partial charge on any atom is 0.539 e. The van der Waals surface area contributed by atoms with Gasteiger partial charge in [0.1, 0.15) is 0 Å². The molecule has 0 aromatic heterocycles. The van der Waals surface area contributed by atoms with Gasteiger partial charge in [-0.3, -0.25) is 4.79 Å². The molecule has 0 heterocycles. The van der Waals surface area contributed by atoms with Crippen LogP contribution in [-0.4, -0.2) is 42.3 Å². The number of carbonyl (C=O) groups excluding carboxylic acids is 1. The van der Waals surface area contributed by atoms with Gasteiger partial charge >= 0.3 is 14.8 Å². The standard InChI is InChI=1S/C13H20O5Si/c1-11-5-7-12(8-6-11)9-13(14)18-10-19(15-2,16-3)17-4/h5-8H,9-10H2,1-4H3. The Bertz CT molecular complexity index is 392. The van der Waals surface area contributed by atoms with E-state index >= 15 is 0 Å². The molecule has 0 atom stereocenters. The molecule has 5 nitrogen and oxygen atoms in total. The van der Waals surface area contributed by atoms with E-state index in [0.717, 1.165) is 11.1 Å². The highest BCUT2D eigenvalue weighted by atomic mass is 28.4. The fraction of sp³-hybridized carbons (Fsp3) is 0.462. The summed E-state index contributed by atoms with van der Waals surface area (Å²) in [6, 6.07) is 7.73. The zero-order valence-electron chi connectivity index (χ0n) is 11.8. The number of benzene rings is 1. The van der Waals surface area contributed by atoms with Gasteiger partial charge in [-0.05, 0) is 12.5 Å². The molecule has 0 saturated heterocycles. The van der Waals surface area contributed by atoms with Crippen molar-refractivity contribution in [2.75, 3.05) is 27.6 Å². The van der Waals surface area contributed by atoms with Gasteiger partial charge in [0.25, 0.3) is 0 Å². The molecular weight excluding hydrogens is 264 g/mol. The van der Waals surface area contributed by atoms with Gasteiger partial charge in [-0.2, -0.15) is 0 Å². The molecule has 0 saturated carbocycles. The lowest BCUT2D eigenvalue weighted by atomic mass is 10.1. The predicted molar refractivity (Wildman–Crippen MR) is 72.6 cm³/mol. The lowest BCUT2D eigenvalue weighted by Crippen LogP contribution is -2.48. The summed E-state index contributed by atoms with van der Waals surface area (Å²) < 4.78 is 20.7. The quantitative estimate of drug-likeness (QED) is 0.561. The summed E-state index contributed by atoms with van der Waals surface area (Å²) in [5, 5.41) is 0. The van der Waals surface area contributed by atoms with Gasteiger partial charge in [0.2, 0.25) is 0 Å². The van der Waals surface area contributed by atoms with Crippen LogP contribution < -0.4 is 0 Å². The molecule has 0 aliphatic heterocycles. The van der Waals surface area contributed by atoms with Crippen molar-refractivity contribution in [3.63, 3.8) is 0 Å². The van der Waals surface area contributed by atoms with Gasteiger partial charge in [0.05, 0.1) is 6.42 Å². The van der Waals surface area contributed by atoms with Gasteiger partial charge in [-0.15, -0.1) is 0 Å². The van der Waals surface area contributed by atoms with Crippen molar-refractivity contribution in [2.24, 2.45) is 0 Å². The Morgan fingerprint density at radius 3 is 2.05 bits per heavy atom. The average molecular weight is 284 g/mol. The second-order valence-electron chi connectivity index (χ2n) is 4.12. The minimum absolute atomic E-state index is 0.0151. The molecular formula is C13H20O5Si. The minimum Gasteiger partial charge on any atom is -0.461 e. The van der Waals surface area contributed by atoms with Gasteiger partial charge in [0, 0.05) is 21.3 Å². The van der Waals surface area contributed by atoms with Crippen LogP contribution in [0.4, 0.5) is 0 Å². The number of esters is 1. The van der Waals surface area contributed by atoms with Crippen LogP contribution in [0.15, 0.2) is 24.3 Å². The maximum absolute atomic E-state index is 11.7. The summed E-state index contributed by atoms with van der Waals surface area (Å²) >= 11 is 0. The third-order valence-corrected chi connectivity index (χ3v) is 5.18. The van der Waals surface area contributed by atoms with E-state index < -0.39 is 8.80 Å². The Hall–Kier alpha value is -1.21. The molecule has 106 valence electrons. The molecule has 0 fully saturated rings. The Morgan fingerprint density at radius 2 is 1.58 bits per heavy atom.